The van der Waals surface area contributed by atoms with Crippen LogP contribution in [0, 0.1) is 23.6 Å². The van der Waals surface area contributed by atoms with Gasteiger partial charge in [0.1, 0.15) is 28.6 Å². The second-order valence-corrected chi connectivity index (χ2v) is 10.8. The summed E-state index contributed by atoms with van der Waals surface area (Å²) in [7, 11) is 0. The lowest BCUT2D eigenvalue weighted by molar-refractivity contribution is -0.000492. The normalized spacial score (nSPS) is 22.3. The quantitative estimate of drug-likeness (QED) is 0.409. The van der Waals surface area contributed by atoms with Crippen molar-refractivity contribution in [1.29, 1.82) is 5.41 Å². The van der Waals surface area contributed by atoms with Gasteiger partial charge in [-0.25, -0.2) is 18.6 Å². The van der Waals surface area contributed by atoms with Gasteiger partial charge in [-0.2, -0.15) is 0 Å². The molecule has 2 unspecified atom stereocenters. The first-order chi connectivity index (χ1) is 18.5. The molecule has 0 aliphatic carbocycles. The molecule has 0 saturated carbocycles. The fourth-order valence-electron chi connectivity index (χ4n) is 5.58. The highest BCUT2D eigenvalue weighted by Gasteiger charge is 2.45. The van der Waals surface area contributed by atoms with Crippen molar-refractivity contribution in [2.24, 2.45) is 9.98 Å². The van der Waals surface area contributed by atoms with Crippen LogP contribution in [0.3, 0.4) is 0 Å². The summed E-state index contributed by atoms with van der Waals surface area (Å²) in [5.41, 5.74) is -0.613. The smallest absolute Gasteiger partial charge is 0.410 e. The van der Waals surface area contributed by atoms with E-state index in [0.717, 1.165) is 12.8 Å². The molecule has 2 atom stereocenters. The second-order valence-electron chi connectivity index (χ2n) is 10.8. The molecule has 3 heterocycles. The molecular weight excluding hydrogens is 500 g/mol. The maximum Gasteiger partial charge on any atom is 0.410 e. The minimum Gasteiger partial charge on any atom is -0.444 e. The molecule has 2 aromatic carbocycles. The number of allylic oxidation sites excluding steroid dienone is 2. The Hall–Kier alpha value is -4.32. The van der Waals surface area contributed by atoms with Crippen LogP contribution in [0.4, 0.5) is 13.6 Å². The Labute approximate surface area is 226 Å². The molecule has 5 rings (SSSR count). The maximum absolute atomic E-state index is 15.8. The summed E-state index contributed by atoms with van der Waals surface area (Å²) in [5, 5.41) is 9.66. The first-order valence-electron chi connectivity index (χ1n) is 12.7. The van der Waals surface area contributed by atoms with Crippen LogP contribution in [-0.4, -0.2) is 65.3 Å². The standard InChI is InChI=1S/C30H29F2N5O2/c1-6-20-23(31)13-10-17-8-7-9-21(24(17)20)27-25(32)26(33)22(14-35-27)28(34-5)36-15-18-11-12-19(16-36)37(18)29(38)39-30(2,3)4/h1,7-10,13-14,18-19,33H,5,11-12,15-16H2,2-4H3/b28-22+,33-26?. The molecule has 2 bridgehead atoms. The number of piperazine rings is 1. The number of ether oxygens (including phenoxy) is 1. The number of likely N-dealkylation sites (tertiary alicyclic amines) is 1. The monoisotopic (exact) mass is 529 g/mol. The van der Waals surface area contributed by atoms with Gasteiger partial charge in [0.05, 0.1) is 23.2 Å². The summed E-state index contributed by atoms with van der Waals surface area (Å²) >= 11 is 0. The molecule has 0 aromatic heterocycles. The average molecular weight is 530 g/mol. The topological polar surface area (TPSA) is 81.4 Å². The van der Waals surface area contributed by atoms with E-state index in [2.05, 4.69) is 22.6 Å². The van der Waals surface area contributed by atoms with Gasteiger partial charge in [-0.1, -0.05) is 30.2 Å². The van der Waals surface area contributed by atoms with Gasteiger partial charge in [0.2, 0.25) is 0 Å². The Balaban J connectivity index is 1.48. The van der Waals surface area contributed by atoms with Crippen molar-refractivity contribution in [2.45, 2.75) is 51.3 Å². The zero-order valence-corrected chi connectivity index (χ0v) is 22.1. The number of nitrogens with one attached hydrogen (secondary N) is 1. The molecule has 200 valence electrons. The van der Waals surface area contributed by atoms with Crippen molar-refractivity contribution in [2.75, 3.05) is 13.1 Å². The predicted octanol–water partition coefficient (Wildman–Crippen LogP) is 5.70. The molecule has 2 fully saturated rings. The first kappa shape index (κ1) is 26.3. The predicted molar refractivity (Wildman–Crippen MR) is 149 cm³/mol. The second kappa shape index (κ2) is 9.77. The number of nitrogens with zero attached hydrogens (tertiary/aromatic N) is 4. The van der Waals surface area contributed by atoms with Gasteiger partial charge in [0.25, 0.3) is 0 Å². The Morgan fingerprint density at radius 3 is 2.51 bits per heavy atom. The van der Waals surface area contributed by atoms with Gasteiger partial charge in [-0.05, 0) is 51.8 Å². The number of benzene rings is 2. The van der Waals surface area contributed by atoms with E-state index < -0.39 is 23.0 Å². The fourth-order valence-corrected chi connectivity index (χ4v) is 5.58. The highest BCUT2D eigenvalue weighted by atomic mass is 19.1. The SMILES string of the molecule is C#Cc1c(F)ccc2cccc(C3=C(F)C(=N)/C(=C(\N=C)N4CC5CCC(C4)N5C(=O)OC(C)(C)C)C=N3)c12. The van der Waals surface area contributed by atoms with Crippen LogP contribution in [0.1, 0.15) is 44.7 Å². The third-order valence-electron chi connectivity index (χ3n) is 7.19. The van der Waals surface area contributed by atoms with Crippen LogP contribution >= 0.6 is 0 Å². The largest absolute Gasteiger partial charge is 0.444 e. The Morgan fingerprint density at radius 2 is 1.90 bits per heavy atom. The van der Waals surface area contributed by atoms with Crippen LogP contribution in [0.2, 0.25) is 0 Å². The van der Waals surface area contributed by atoms with Crippen LogP contribution in [-0.2, 0) is 4.74 Å². The van der Waals surface area contributed by atoms with E-state index in [4.69, 9.17) is 16.6 Å². The summed E-state index contributed by atoms with van der Waals surface area (Å²) < 4.78 is 35.9. The maximum atomic E-state index is 15.8. The van der Waals surface area contributed by atoms with E-state index in [9.17, 15) is 9.18 Å². The van der Waals surface area contributed by atoms with Gasteiger partial charge in [-0.15, -0.1) is 6.42 Å². The molecule has 3 aliphatic rings. The number of carbonyl (C=O) groups is 1. The van der Waals surface area contributed by atoms with Crippen molar-refractivity contribution in [1.82, 2.24) is 9.80 Å². The third-order valence-corrected chi connectivity index (χ3v) is 7.19. The van der Waals surface area contributed by atoms with Crippen molar-refractivity contribution in [3.8, 4) is 12.3 Å². The third kappa shape index (κ3) is 4.60. The minimum absolute atomic E-state index is 0.0123. The molecule has 9 heteroatoms. The Bertz CT molecular complexity index is 1530. The zero-order valence-electron chi connectivity index (χ0n) is 22.1. The number of aliphatic imine (C=N–C) groups is 2. The molecule has 39 heavy (non-hydrogen) atoms. The zero-order chi connectivity index (χ0) is 28.1. The Morgan fingerprint density at radius 1 is 1.21 bits per heavy atom. The van der Waals surface area contributed by atoms with Crippen LogP contribution in [0.25, 0.3) is 16.5 Å². The summed E-state index contributed by atoms with van der Waals surface area (Å²) in [4.78, 5) is 25.1. The Kier molecular flexibility index (Phi) is 6.59. The summed E-state index contributed by atoms with van der Waals surface area (Å²) in [6, 6.07) is 7.71. The lowest BCUT2D eigenvalue weighted by Crippen LogP contribution is -2.56. The van der Waals surface area contributed by atoms with Gasteiger partial charge >= 0.3 is 6.09 Å². The number of carbonyl (C=O) groups excluding carboxylic acids is 1. The number of halogens is 2. The van der Waals surface area contributed by atoms with Crippen molar-refractivity contribution < 1.29 is 18.3 Å². The van der Waals surface area contributed by atoms with E-state index in [1.807, 2.05) is 25.7 Å². The molecule has 2 saturated heterocycles. The van der Waals surface area contributed by atoms with Crippen molar-refractivity contribution >= 4 is 41.2 Å². The number of terminal acetylenes is 1. The molecule has 0 spiro atoms. The molecule has 3 aliphatic heterocycles. The van der Waals surface area contributed by atoms with E-state index in [1.54, 1.807) is 29.2 Å². The van der Waals surface area contributed by atoms with E-state index in [1.165, 1.54) is 12.3 Å². The fraction of sp³-hybridized carbons (Fsp3) is 0.333. The van der Waals surface area contributed by atoms with Gasteiger partial charge in [0.15, 0.2) is 5.83 Å². The lowest BCUT2D eigenvalue weighted by Gasteiger charge is -2.42. The molecule has 1 N–H and O–H groups in total. The van der Waals surface area contributed by atoms with Crippen molar-refractivity contribution in [3.05, 3.63) is 64.5 Å². The number of rotatable bonds is 3. The van der Waals surface area contributed by atoms with Crippen LogP contribution in [0.5, 0.6) is 0 Å². The number of amides is 1. The molecule has 7 nitrogen and oxygen atoms in total. The van der Waals surface area contributed by atoms with Crippen molar-refractivity contribution in [3.63, 3.8) is 0 Å². The molecular formula is C30H29F2N5O2. The summed E-state index contributed by atoms with van der Waals surface area (Å²) in [6.07, 6.45) is 8.23. The van der Waals surface area contributed by atoms with Gasteiger partial charge in [-0.3, -0.25) is 15.3 Å². The summed E-state index contributed by atoms with van der Waals surface area (Å²) in [6.45, 7) is 10.1. The molecule has 2 aromatic rings. The number of fused-ring (bicyclic) bond motifs is 3. The van der Waals surface area contributed by atoms with E-state index >= 15 is 4.39 Å². The minimum atomic E-state index is -0.872. The summed E-state index contributed by atoms with van der Waals surface area (Å²) in [5.74, 6) is 1.22. The molecule has 0 radical (unpaired) electrons. The van der Waals surface area contributed by atoms with Gasteiger partial charge in [0, 0.05) is 30.3 Å². The first-order valence-corrected chi connectivity index (χ1v) is 12.7. The van der Waals surface area contributed by atoms with Crippen LogP contribution < -0.4 is 0 Å². The lowest BCUT2D eigenvalue weighted by atomic mass is 9.94. The number of hydrogen-bond acceptors (Lipinski definition) is 6. The number of hydrogen-bond donors (Lipinski definition) is 1. The van der Waals surface area contributed by atoms with E-state index in [-0.39, 0.29) is 35.0 Å². The highest BCUT2D eigenvalue weighted by Crippen LogP contribution is 2.37. The van der Waals surface area contributed by atoms with Crippen LogP contribution in [0.15, 0.2) is 57.5 Å². The highest BCUT2D eigenvalue weighted by molar-refractivity contribution is 6.27. The molecule has 1 amide bonds. The average Bonchev–Trinajstić information content (AvgIpc) is 3.16. The van der Waals surface area contributed by atoms with E-state index in [0.29, 0.717) is 35.2 Å². The van der Waals surface area contributed by atoms with Gasteiger partial charge < -0.3 is 9.64 Å².